The Hall–Kier alpha value is -1.24. The molecular formula is C15H21N3O2S. The van der Waals surface area contributed by atoms with E-state index in [1.54, 1.807) is 7.11 Å². The van der Waals surface area contributed by atoms with Gasteiger partial charge in [-0.2, -0.15) is 0 Å². The first kappa shape index (κ1) is 14.7. The van der Waals surface area contributed by atoms with E-state index in [9.17, 15) is 0 Å². The molecule has 2 aromatic rings. The van der Waals surface area contributed by atoms with Crippen LogP contribution in [0.25, 0.3) is 10.2 Å². The summed E-state index contributed by atoms with van der Waals surface area (Å²) in [6.45, 7) is 1.87. The minimum Gasteiger partial charge on any atom is -0.382 e. The molecular weight excluding hydrogens is 286 g/mol. The Balaban J connectivity index is 1.78. The third kappa shape index (κ3) is 3.02. The minimum atomic E-state index is 0.616. The van der Waals surface area contributed by atoms with Crippen LogP contribution in [0.3, 0.4) is 0 Å². The molecule has 0 saturated carbocycles. The predicted octanol–water partition coefficient (Wildman–Crippen LogP) is 2.43. The fourth-order valence-corrected chi connectivity index (χ4v) is 4.02. The lowest BCUT2D eigenvalue weighted by Gasteiger charge is -2.07. The standard InChI is InChI=1S/C15H21N3O2S/c1-16-14-13-10-4-3-5-11(10)21-15(13)18-12(17-14)6-7-20-9-8-19-2/h3-9H2,1-2H3,(H,16,17,18). The number of nitrogens with zero attached hydrogens (tertiary/aromatic N) is 2. The molecule has 0 aliphatic heterocycles. The molecule has 0 aromatic carbocycles. The lowest BCUT2D eigenvalue weighted by Crippen LogP contribution is -2.08. The summed E-state index contributed by atoms with van der Waals surface area (Å²) in [5.41, 5.74) is 1.46. The quantitative estimate of drug-likeness (QED) is 0.796. The van der Waals surface area contributed by atoms with Crippen molar-refractivity contribution in [3.8, 4) is 0 Å². The molecule has 2 aromatic heterocycles. The number of thiophene rings is 1. The zero-order valence-electron chi connectivity index (χ0n) is 12.6. The molecule has 0 unspecified atom stereocenters. The highest BCUT2D eigenvalue weighted by Gasteiger charge is 2.21. The number of hydrogen-bond acceptors (Lipinski definition) is 6. The maximum absolute atomic E-state index is 5.50. The summed E-state index contributed by atoms with van der Waals surface area (Å²) in [5.74, 6) is 1.82. The smallest absolute Gasteiger partial charge is 0.138 e. The fraction of sp³-hybridized carbons (Fsp3) is 0.600. The average Bonchev–Trinajstić information content (AvgIpc) is 3.06. The third-order valence-corrected chi connectivity index (χ3v) is 4.94. The molecule has 0 bridgehead atoms. The monoisotopic (exact) mass is 307 g/mol. The summed E-state index contributed by atoms with van der Waals surface area (Å²) in [4.78, 5) is 12.0. The number of fused-ring (bicyclic) bond motifs is 3. The van der Waals surface area contributed by atoms with Crippen LogP contribution in [0.15, 0.2) is 0 Å². The van der Waals surface area contributed by atoms with Gasteiger partial charge in [-0.1, -0.05) is 0 Å². The van der Waals surface area contributed by atoms with E-state index in [0.717, 1.165) is 29.3 Å². The second-order valence-corrected chi connectivity index (χ2v) is 6.21. The van der Waals surface area contributed by atoms with Crippen molar-refractivity contribution in [1.29, 1.82) is 0 Å². The number of ether oxygens (including phenoxy) is 2. The lowest BCUT2D eigenvalue weighted by molar-refractivity contribution is 0.0717. The van der Waals surface area contributed by atoms with Gasteiger partial charge in [-0.25, -0.2) is 9.97 Å². The van der Waals surface area contributed by atoms with Crippen molar-refractivity contribution in [3.05, 3.63) is 16.3 Å². The summed E-state index contributed by atoms with van der Waals surface area (Å²) in [6, 6.07) is 0. The SMILES string of the molecule is CNc1nc(CCOCCOC)nc2sc3c(c12)CCC3. The largest absolute Gasteiger partial charge is 0.382 e. The van der Waals surface area contributed by atoms with E-state index in [1.165, 1.54) is 28.7 Å². The van der Waals surface area contributed by atoms with E-state index < -0.39 is 0 Å². The van der Waals surface area contributed by atoms with E-state index >= 15 is 0 Å². The normalized spacial score (nSPS) is 13.8. The van der Waals surface area contributed by atoms with E-state index in [1.807, 2.05) is 18.4 Å². The van der Waals surface area contributed by atoms with Gasteiger partial charge < -0.3 is 14.8 Å². The second kappa shape index (κ2) is 6.68. The molecule has 0 amide bonds. The van der Waals surface area contributed by atoms with Gasteiger partial charge in [0.05, 0.1) is 25.2 Å². The van der Waals surface area contributed by atoms with Crippen LogP contribution >= 0.6 is 11.3 Å². The molecule has 5 nitrogen and oxygen atoms in total. The van der Waals surface area contributed by atoms with Crippen molar-refractivity contribution in [2.24, 2.45) is 0 Å². The maximum atomic E-state index is 5.50. The van der Waals surface area contributed by atoms with Gasteiger partial charge in [0.1, 0.15) is 16.5 Å². The second-order valence-electron chi connectivity index (χ2n) is 5.13. The molecule has 6 heteroatoms. The summed E-state index contributed by atoms with van der Waals surface area (Å²) in [6.07, 6.45) is 4.34. The Bertz CT molecular complexity index is 627. The molecule has 1 aliphatic carbocycles. The number of aryl methyl sites for hydroxylation is 2. The molecule has 21 heavy (non-hydrogen) atoms. The van der Waals surface area contributed by atoms with Crippen molar-refractivity contribution >= 4 is 27.4 Å². The number of methoxy groups -OCH3 is 1. The van der Waals surface area contributed by atoms with Crippen LogP contribution in [0.1, 0.15) is 22.7 Å². The number of rotatable bonds is 7. The van der Waals surface area contributed by atoms with E-state index in [-0.39, 0.29) is 0 Å². The van der Waals surface area contributed by atoms with E-state index in [2.05, 4.69) is 10.3 Å². The van der Waals surface area contributed by atoms with Crippen molar-refractivity contribution in [2.75, 3.05) is 39.3 Å². The van der Waals surface area contributed by atoms with Gasteiger partial charge in [0.25, 0.3) is 0 Å². The number of hydrogen-bond donors (Lipinski definition) is 1. The van der Waals surface area contributed by atoms with Crippen molar-refractivity contribution in [1.82, 2.24) is 9.97 Å². The molecule has 0 atom stereocenters. The highest BCUT2D eigenvalue weighted by Crippen LogP contribution is 2.39. The zero-order valence-corrected chi connectivity index (χ0v) is 13.4. The number of nitrogens with one attached hydrogen (secondary N) is 1. The van der Waals surface area contributed by atoms with Gasteiger partial charge in [-0.05, 0) is 24.8 Å². The summed E-state index contributed by atoms with van der Waals surface area (Å²) in [7, 11) is 3.61. The number of aromatic nitrogens is 2. The van der Waals surface area contributed by atoms with Crippen LogP contribution in [0.5, 0.6) is 0 Å². The van der Waals surface area contributed by atoms with Gasteiger partial charge in [0.15, 0.2) is 0 Å². The predicted molar refractivity (Wildman–Crippen MR) is 85.4 cm³/mol. The van der Waals surface area contributed by atoms with E-state index in [4.69, 9.17) is 14.5 Å². The van der Waals surface area contributed by atoms with Crippen LogP contribution < -0.4 is 5.32 Å². The lowest BCUT2D eigenvalue weighted by atomic mass is 10.2. The Morgan fingerprint density at radius 2 is 2.10 bits per heavy atom. The first-order valence-corrected chi connectivity index (χ1v) is 8.20. The first-order valence-electron chi connectivity index (χ1n) is 7.39. The highest BCUT2D eigenvalue weighted by molar-refractivity contribution is 7.19. The molecule has 1 aliphatic rings. The third-order valence-electron chi connectivity index (χ3n) is 3.75. The molecule has 0 spiro atoms. The summed E-state index contributed by atoms with van der Waals surface area (Å²) >= 11 is 1.83. The highest BCUT2D eigenvalue weighted by atomic mass is 32.1. The Morgan fingerprint density at radius 1 is 1.19 bits per heavy atom. The van der Waals surface area contributed by atoms with Gasteiger partial charge in [-0.3, -0.25) is 0 Å². The van der Waals surface area contributed by atoms with Crippen LogP contribution in [0.4, 0.5) is 5.82 Å². The minimum absolute atomic E-state index is 0.616. The van der Waals surface area contributed by atoms with Crippen molar-refractivity contribution in [2.45, 2.75) is 25.7 Å². The molecule has 1 N–H and O–H groups in total. The van der Waals surface area contributed by atoms with Gasteiger partial charge in [-0.15, -0.1) is 11.3 Å². The Labute approximate surface area is 128 Å². The Kier molecular flexibility index (Phi) is 4.67. The topological polar surface area (TPSA) is 56.3 Å². The number of anilines is 1. The Morgan fingerprint density at radius 3 is 2.90 bits per heavy atom. The molecule has 0 fully saturated rings. The van der Waals surface area contributed by atoms with Crippen molar-refractivity contribution in [3.63, 3.8) is 0 Å². The van der Waals surface area contributed by atoms with Gasteiger partial charge in [0, 0.05) is 25.5 Å². The average molecular weight is 307 g/mol. The fourth-order valence-electron chi connectivity index (χ4n) is 2.74. The zero-order chi connectivity index (χ0) is 14.7. The van der Waals surface area contributed by atoms with Crippen molar-refractivity contribution < 1.29 is 9.47 Å². The van der Waals surface area contributed by atoms with Crippen LogP contribution in [0.2, 0.25) is 0 Å². The molecule has 2 heterocycles. The summed E-state index contributed by atoms with van der Waals surface area (Å²) < 4.78 is 10.5. The van der Waals surface area contributed by atoms with Gasteiger partial charge >= 0.3 is 0 Å². The molecule has 0 radical (unpaired) electrons. The first-order chi connectivity index (χ1) is 10.3. The van der Waals surface area contributed by atoms with Crippen LogP contribution in [-0.4, -0.2) is 43.9 Å². The van der Waals surface area contributed by atoms with E-state index in [0.29, 0.717) is 19.8 Å². The molecule has 3 rings (SSSR count). The van der Waals surface area contributed by atoms with Gasteiger partial charge in [0.2, 0.25) is 0 Å². The maximum Gasteiger partial charge on any atom is 0.138 e. The summed E-state index contributed by atoms with van der Waals surface area (Å²) in [5, 5.41) is 4.47. The molecule has 0 saturated heterocycles. The van der Waals surface area contributed by atoms with Crippen LogP contribution in [0, 0.1) is 0 Å². The van der Waals surface area contributed by atoms with Crippen LogP contribution in [-0.2, 0) is 28.7 Å². The molecule has 114 valence electrons.